The van der Waals surface area contributed by atoms with E-state index in [4.69, 9.17) is 9.47 Å². The van der Waals surface area contributed by atoms with E-state index in [1.54, 1.807) is 0 Å². The molecule has 43 heavy (non-hydrogen) atoms. The second kappa shape index (κ2) is 13.7. The summed E-state index contributed by atoms with van der Waals surface area (Å²) in [5.41, 5.74) is 4.72. The number of carbonyl (C=O) groups is 3. The zero-order valence-corrected chi connectivity index (χ0v) is 25.8. The van der Waals surface area contributed by atoms with Gasteiger partial charge in [0, 0.05) is 17.7 Å². The summed E-state index contributed by atoms with van der Waals surface area (Å²) >= 11 is 0. The molecule has 0 fully saturated rings. The quantitative estimate of drug-likeness (QED) is 0.280. The lowest BCUT2D eigenvalue weighted by molar-refractivity contribution is -0.154. The van der Waals surface area contributed by atoms with Crippen molar-refractivity contribution >= 4 is 29.4 Å². The molecule has 0 radical (unpaired) electrons. The lowest BCUT2D eigenvalue weighted by Crippen LogP contribution is -2.36. The zero-order chi connectivity index (χ0) is 31.1. The van der Waals surface area contributed by atoms with Crippen molar-refractivity contribution in [3.8, 4) is 0 Å². The molecule has 4 rings (SSSR count). The van der Waals surface area contributed by atoms with Crippen LogP contribution in [0.4, 0.5) is 5.69 Å². The molecule has 0 saturated carbocycles. The first-order chi connectivity index (χ1) is 20.4. The molecular weight excluding hydrogens is 542 g/mol. The summed E-state index contributed by atoms with van der Waals surface area (Å²) in [6, 6.07) is 23.0. The number of hydrogen-bond donors (Lipinski definition) is 1. The van der Waals surface area contributed by atoms with Crippen molar-refractivity contribution in [1.29, 1.82) is 0 Å². The molecule has 8 nitrogen and oxygen atoms in total. The first kappa shape index (κ1) is 31.5. The number of ether oxygens (including phenoxy) is 2. The van der Waals surface area contributed by atoms with E-state index in [-0.39, 0.29) is 42.6 Å². The Balaban J connectivity index is 1.44. The summed E-state index contributed by atoms with van der Waals surface area (Å²) in [5.74, 6) is -0.488. The van der Waals surface area contributed by atoms with Gasteiger partial charge in [0.2, 0.25) is 11.8 Å². The highest BCUT2D eigenvalue weighted by molar-refractivity contribution is 5.98. The van der Waals surface area contributed by atoms with Gasteiger partial charge in [0.05, 0.1) is 12.5 Å². The number of nitrogens with one attached hydrogen (secondary N) is 1. The Hall–Kier alpha value is -4.46. The van der Waals surface area contributed by atoms with E-state index in [1.165, 1.54) is 5.01 Å². The third kappa shape index (κ3) is 8.53. The van der Waals surface area contributed by atoms with Crippen molar-refractivity contribution in [2.75, 3.05) is 11.9 Å². The van der Waals surface area contributed by atoms with E-state index in [2.05, 4.69) is 10.4 Å². The van der Waals surface area contributed by atoms with Gasteiger partial charge in [-0.05, 0) is 80.5 Å². The Morgan fingerprint density at radius 1 is 1.00 bits per heavy atom. The summed E-state index contributed by atoms with van der Waals surface area (Å²) in [6.45, 7) is 11.8. The predicted molar refractivity (Wildman–Crippen MR) is 167 cm³/mol. The van der Waals surface area contributed by atoms with Crippen LogP contribution >= 0.6 is 0 Å². The maximum Gasteiger partial charge on any atom is 0.306 e. The van der Waals surface area contributed by atoms with Gasteiger partial charge in [-0.3, -0.25) is 14.4 Å². The fraction of sp³-hybridized carbons (Fsp3) is 0.371. The van der Waals surface area contributed by atoms with Gasteiger partial charge in [-0.15, -0.1) is 5.10 Å². The van der Waals surface area contributed by atoms with Crippen LogP contribution in [0.2, 0.25) is 0 Å². The van der Waals surface area contributed by atoms with Crippen molar-refractivity contribution in [3.05, 3.63) is 101 Å². The summed E-state index contributed by atoms with van der Waals surface area (Å²) in [4.78, 5) is 38.3. The number of amides is 2. The minimum Gasteiger partial charge on any atom is -0.466 e. The van der Waals surface area contributed by atoms with Crippen molar-refractivity contribution in [3.63, 3.8) is 0 Å². The normalized spacial score (nSPS) is 14.2. The monoisotopic (exact) mass is 583 g/mol. The van der Waals surface area contributed by atoms with Gasteiger partial charge in [0.15, 0.2) is 6.61 Å². The zero-order valence-electron chi connectivity index (χ0n) is 25.8. The molecule has 1 aliphatic heterocycles. The molecule has 2 amide bonds. The van der Waals surface area contributed by atoms with E-state index in [0.29, 0.717) is 18.9 Å². The molecule has 0 bridgehead atoms. The van der Waals surface area contributed by atoms with Crippen LogP contribution in [0.1, 0.15) is 74.8 Å². The predicted octanol–water partition coefficient (Wildman–Crippen LogP) is 6.37. The molecule has 3 aromatic carbocycles. The molecule has 1 atom stereocenters. The van der Waals surface area contributed by atoms with Crippen molar-refractivity contribution in [2.45, 2.75) is 72.4 Å². The fourth-order valence-corrected chi connectivity index (χ4v) is 5.02. The SMILES string of the molecule is Cc1c(CCC(=O)OC(C)(C)C)cccc1NC(=O)C(c1ccc(CN2N=C(c3ccccc3)OCC2=O)cc1)C(C)C. The molecule has 0 aromatic heterocycles. The third-order valence-electron chi connectivity index (χ3n) is 7.20. The van der Waals surface area contributed by atoms with E-state index in [0.717, 1.165) is 33.5 Å². The van der Waals surface area contributed by atoms with Gasteiger partial charge >= 0.3 is 5.97 Å². The summed E-state index contributed by atoms with van der Waals surface area (Å²) in [5, 5.41) is 8.98. The molecule has 1 N–H and O–H groups in total. The molecule has 1 heterocycles. The minimum absolute atomic E-state index is 0.0420. The highest BCUT2D eigenvalue weighted by Crippen LogP contribution is 2.29. The summed E-state index contributed by atoms with van der Waals surface area (Å²) in [6.07, 6.45) is 0.799. The van der Waals surface area contributed by atoms with Gasteiger partial charge in [0.1, 0.15) is 5.60 Å². The smallest absolute Gasteiger partial charge is 0.306 e. The average molecular weight is 584 g/mol. The number of rotatable bonds is 10. The topological polar surface area (TPSA) is 97.3 Å². The molecule has 8 heteroatoms. The van der Waals surface area contributed by atoms with Gasteiger partial charge in [0.25, 0.3) is 5.91 Å². The Kier molecular flexibility index (Phi) is 10.0. The van der Waals surface area contributed by atoms with Crippen molar-refractivity contribution < 1.29 is 23.9 Å². The van der Waals surface area contributed by atoms with Crippen molar-refractivity contribution in [2.24, 2.45) is 11.0 Å². The maximum atomic E-state index is 13.6. The van der Waals surface area contributed by atoms with E-state index < -0.39 is 5.60 Å². The van der Waals surface area contributed by atoms with Gasteiger partial charge in [-0.1, -0.05) is 68.4 Å². The van der Waals surface area contributed by atoms with E-state index in [9.17, 15) is 14.4 Å². The maximum absolute atomic E-state index is 13.6. The lowest BCUT2D eigenvalue weighted by atomic mass is 9.87. The van der Waals surface area contributed by atoms with Crippen LogP contribution in [-0.2, 0) is 36.8 Å². The second-order valence-corrected chi connectivity index (χ2v) is 12.1. The van der Waals surface area contributed by atoms with E-state index >= 15 is 0 Å². The average Bonchev–Trinajstić information content (AvgIpc) is 2.95. The number of benzene rings is 3. The van der Waals surface area contributed by atoms with E-state index in [1.807, 2.05) is 114 Å². The second-order valence-electron chi connectivity index (χ2n) is 12.1. The molecule has 0 spiro atoms. The number of nitrogens with zero attached hydrogens (tertiary/aromatic N) is 2. The van der Waals surface area contributed by atoms with Crippen LogP contribution in [0, 0.1) is 12.8 Å². The van der Waals surface area contributed by atoms with Gasteiger partial charge in [-0.25, -0.2) is 5.01 Å². The minimum atomic E-state index is -0.522. The van der Waals surface area contributed by atoms with Gasteiger partial charge in [-0.2, -0.15) is 0 Å². The van der Waals surface area contributed by atoms with Crippen LogP contribution < -0.4 is 5.32 Å². The van der Waals surface area contributed by atoms with Gasteiger partial charge < -0.3 is 14.8 Å². The van der Waals surface area contributed by atoms with Crippen LogP contribution in [0.25, 0.3) is 0 Å². The van der Waals surface area contributed by atoms with Crippen molar-refractivity contribution in [1.82, 2.24) is 5.01 Å². The molecule has 1 aliphatic rings. The molecule has 0 saturated heterocycles. The molecule has 0 aliphatic carbocycles. The Bertz CT molecular complexity index is 1470. The fourth-order valence-electron chi connectivity index (χ4n) is 5.02. The highest BCUT2D eigenvalue weighted by atomic mass is 16.6. The summed E-state index contributed by atoms with van der Waals surface area (Å²) in [7, 11) is 0. The number of hydrogen-bond acceptors (Lipinski definition) is 6. The summed E-state index contributed by atoms with van der Waals surface area (Å²) < 4.78 is 11.0. The molecular formula is C35H41N3O5. The molecule has 1 unspecified atom stereocenters. The number of esters is 1. The van der Waals surface area contributed by atoms with Crippen LogP contribution in [0.3, 0.4) is 0 Å². The number of carbonyl (C=O) groups excluding carboxylic acids is 3. The molecule has 226 valence electrons. The van der Waals surface area contributed by atoms with Crippen LogP contribution in [0.5, 0.6) is 0 Å². The number of anilines is 1. The Morgan fingerprint density at radius 3 is 2.35 bits per heavy atom. The number of aryl methyl sites for hydroxylation is 1. The highest BCUT2D eigenvalue weighted by Gasteiger charge is 2.26. The number of hydrazone groups is 1. The largest absolute Gasteiger partial charge is 0.466 e. The lowest BCUT2D eigenvalue weighted by Gasteiger charge is -2.25. The van der Waals surface area contributed by atoms with Crippen LogP contribution in [0.15, 0.2) is 77.9 Å². The Morgan fingerprint density at radius 2 is 1.70 bits per heavy atom. The molecule has 3 aromatic rings. The third-order valence-corrected chi connectivity index (χ3v) is 7.20. The first-order valence-electron chi connectivity index (χ1n) is 14.7. The standard InChI is InChI=1S/C35H41N3O5/c1-23(2)32(33(41)36-29-14-10-13-26(24(29)3)19-20-31(40)43-35(4,5)6)27-17-15-25(16-18-27)21-38-30(39)22-42-34(37-38)28-11-8-7-9-12-28/h7-18,23,32H,19-22H2,1-6H3,(H,36,41). The first-order valence-corrected chi connectivity index (χ1v) is 14.7. The Labute approximate surface area is 254 Å². The van der Waals surface area contributed by atoms with Crippen LogP contribution in [-0.4, -0.2) is 40.9 Å².